The fourth-order valence-electron chi connectivity index (χ4n) is 2.98. The molecule has 25 heavy (non-hydrogen) atoms. The van der Waals surface area contributed by atoms with Crippen LogP contribution in [0.5, 0.6) is 0 Å². The fourth-order valence-corrected chi connectivity index (χ4v) is 3.38. The second-order valence-corrected chi connectivity index (χ2v) is 6.75. The van der Waals surface area contributed by atoms with E-state index in [1.807, 2.05) is 60.9 Å². The molecule has 0 bridgehead atoms. The summed E-state index contributed by atoms with van der Waals surface area (Å²) in [4.78, 5) is 27.3. The molecule has 2 amide bonds. The first-order chi connectivity index (χ1) is 12.1. The summed E-state index contributed by atoms with van der Waals surface area (Å²) in [6, 6.07) is 15.3. The molecule has 1 aliphatic rings. The Labute approximate surface area is 151 Å². The van der Waals surface area contributed by atoms with Gasteiger partial charge in [0.2, 0.25) is 11.8 Å². The van der Waals surface area contributed by atoms with Crippen LogP contribution in [0, 0.1) is 0 Å². The summed E-state index contributed by atoms with van der Waals surface area (Å²) in [6.45, 7) is 1.52. The van der Waals surface area contributed by atoms with Crippen LogP contribution in [-0.2, 0) is 9.59 Å². The van der Waals surface area contributed by atoms with Crippen molar-refractivity contribution in [1.82, 2.24) is 4.90 Å². The van der Waals surface area contributed by atoms with Gasteiger partial charge in [-0.25, -0.2) is 0 Å². The zero-order valence-electron chi connectivity index (χ0n) is 14.2. The molecule has 3 rings (SSSR count). The Hall–Kier alpha value is -2.53. The van der Waals surface area contributed by atoms with E-state index in [1.54, 1.807) is 22.9 Å². The van der Waals surface area contributed by atoms with Gasteiger partial charge in [-0.05, 0) is 47.7 Å². The predicted octanol–water partition coefficient (Wildman–Crippen LogP) is 4.31. The van der Waals surface area contributed by atoms with Gasteiger partial charge in [0, 0.05) is 23.7 Å². The highest BCUT2D eigenvalue weighted by atomic mass is 32.2. The number of carbonyl (C=O) groups excluding carboxylic acids is 2. The Morgan fingerprint density at radius 3 is 2.52 bits per heavy atom. The Kier molecular flexibility index (Phi) is 5.24. The van der Waals surface area contributed by atoms with E-state index in [-0.39, 0.29) is 24.3 Å². The van der Waals surface area contributed by atoms with Gasteiger partial charge >= 0.3 is 0 Å². The molecule has 1 N–H and O–H groups in total. The molecule has 0 saturated carbocycles. The van der Waals surface area contributed by atoms with Crippen LogP contribution in [0.1, 0.15) is 30.5 Å². The van der Waals surface area contributed by atoms with Crippen LogP contribution in [-0.4, -0.2) is 23.0 Å². The number of carbonyl (C=O) groups is 2. The molecule has 2 aromatic rings. The van der Waals surface area contributed by atoms with E-state index in [2.05, 4.69) is 5.32 Å². The van der Waals surface area contributed by atoms with Crippen LogP contribution in [0.3, 0.4) is 0 Å². The zero-order chi connectivity index (χ0) is 17.8. The van der Waals surface area contributed by atoms with Crippen LogP contribution >= 0.6 is 11.8 Å². The second-order valence-electron chi connectivity index (χ2n) is 5.87. The predicted molar refractivity (Wildman–Crippen MR) is 102 cm³/mol. The first-order valence-electron chi connectivity index (χ1n) is 8.08. The number of rotatable bonds is 4. The SMILES string of the molecule is CSc1ccc(NC(=O)CC2c3ccccc3C=CN2C(C)=O)cc1. The monoisotopic (exact) mass is 352 g/mol. The van der Waals surface area contributed by atoms with Crippen LogP contribution in [0.4, 0.5) is 5.69 Å². The van der Waals surface area contributed by atoms with E-state index in [9.17, 15) is 9.59 Å². The van der Waals surface area contributed by atoms with Gasteiger partial charge in [-0.3, -0.25) is 9.59 Å². The van der Waals surface area contributed by atoms with E-state index in [4.69, 9.17) is 0 Å². The van der Waals surface area contributed by atoms with Crippen molar-refractivity contribution in [3.05, 3.63) is 65.9 Å². The van der Waals surface area contributed by atoms with Crippen molar-refractivity contribution in [2.24, 2.45) is 0 Å². The minimum absolute atomic E-state index is 0.0760. The molecule has 1 aliphatic heterocycles. The van der Waals surface area contributed by atoms with Crippen molar-refractivity contribution in [3.63, 3.8) is 0 Å². The smallest absolute Gasteiger partial charge is 0.226 e. The Balaban J connectivity index is 1.77. The maximum Gasteiger partial charge on any atom is 0.226 e. The molecule has 0 spiro atoms. The average Bonchev–Trinajstić information content (AvgIpc) is 2.62. The molecule has 1 heterocycles. The summed E-state index contributed by atoms with van der Waals surface area (Å²) in [7, 11) is 0. The molecule has 0 aromatic heterocycles. The van der Waals surface area contributed by atoms with Gasteiger partial charge in [-0.1, -0.05) is 24.3 Å². The molecule has 128 valence electrons. The zero-order valence-corrected chi connectivity index (χ0v) is 15.0. The average molecular weight is 352 g/mol. The topological polar surface area (TPSA) is 49.4 Å². The van der Waals surface area contributed by atoms with Crippen molar-refractivity contribution in [3.8, 4) is 0 Å². The van der Waals surface area contributed by atoms with Crippen molar-refractivity contribution in [2.75, 3.05) is 11.6 Å². The minimum Gasteiger partial charge on any atom is -0.326 e. The summed E-state index contributed by atoms with van der Waals surface area (Å²) in [5.41, 5.74) is 2.80. The number of nitrogens with one attached hydrogen (secondary N) is 1. The van der Waals surface area contributed by atoms with Crippen LogP contribution in [0.15, 0.2) is 59.6 Å². The first-order valence-corrected chi connectivity index (χ1v) is 9.31. The Morgan fingerprint density at radius 1 is 1.12 bits per heavy atom. The highest BCUT2D eigenvalue weighted by molar-refractivity contribution is 7.98. The maximum absolute atomic E-state index is 12.5. The fraction of sp³-hybridized carbons (Fsp3) is 0.200. The highest BCUT2D eigenvalue weighted by Crippen LogP contribution is 2.33. The molecule has 4 nitrogen and oxygen atoms in total. The molecule has 0 radical (unpaired) electrons. The van der Waals surface area contributed by atoms with Gasteiger partial charge in [0.15, 0.2) is 0 Å². The van der Waals surface area contributed by atoms with Crippen LogP contribution in [0.25, 0.3) is 6.08 Å². The van der Waals surface area contributed by atoms with E-state index in [0.717, 1.165) is 21.7 Å². The van der Waals surface area contributed by atoms with E-state index in [0.29, 0.717) is 0 Å². The van der Waals surface area contributed by atoms with Crippen molar-refractivity contribution >= 4 is 35.3 Å². The number of nitrogens with zero attached hydrogens (tertiary/aromatic N) is 1. The lowest BCUT2D eigenvalue weighted by molar-refractivity contribution is -0.129. The largest absolute Gasteiger partial charge is 0.326 e. The summed E-state index contributed by atoms with van der Waals surface area (Å²) in [5.74, 6) is -0.189. The first kappa shape index (κ1) is 17.3. The number of anilines is 1. The highest BCUT2D eigenvalue weighted by Gasteiger charge is 2.28. The van der Waals surface area contributed by atoms with Crippen LogP contribution in [0.2, 0.25) is 0 Å². The second kappa shape index (κ2) is 7.57. The molecule has 1 unspecified atom stereocenters. The van der Waals surface area contributed by atoms with Gasteiger partial charge < -0.3 is 10.2 Å². The third-order valence-electron chi connectivity index (χ3n) is 4.22. The van der Waals surface area contributed by atoms with Crippen molar-refractivity contribution < 1.29 is 9.59 Å². The molecule has 0 fully saturated rings. The lowest BCUT2D eigenvalue weighted by Gasteiger charge is -2.32. The normalized spacial score (nSPS) is 15.6. The maximum atomic E-state index is 12.5. The molecule has 0 saturated heterocycles. The van der Waals surface area contributed by atoms with E-state index >= 15 is 0 Å². The molecule has 5 heteroatoms. The summed E-state index contributed by atoms with van der Waals surface area (Å²) >= 11 is 1.66. The molecule has 0 aliphatic carbocycles. The lowest BCUT2D eigenvalue weighted by Crippen LogP contribution is -2.33. The minimum atomic E-state index is -0.288. The number of amides is 2. The van der Waals surface area contributed by atoms with Gasteiger partial charge in [-0.15, -0.1) is 11.8 Å². The van der Waals surface area contributed by atoms with E-state index < -0.39 is 0 Å². The van der Waals surface area contributed by atoms with Gasteiger partial charge in [0.25, 0.3) is 0 Å². The van der Waals surface area contributed by atoms with Gasteiger partial charge in [0.05, 0.1) is 12.5 Å². The van der Waals surface area contributed by atoms with Gasteiger partial charge in [-0.2, -0.15) is 0 Å². The lowest BCUT2D eigenvalue weighted by atomic mass is 9.93. The molecule has 2 aromatic carbocycles. The summed E-state index contributed by atoms with van der Waals surface area (Å²) in [5, 5.41) is 2.92. The van der Waals surface area contributed by atoms with Crippen LogP contribution < -0.4 is 5.32 Å². The third-order valence-corrected chi connectivity index (χ3v) is 4.97. The number of hydrogen-bond acceptors (Lipinski definition) is 3. The Morgan fingerprint density at radius 2 is 1.84 bits per heavy atom. The van der Waals surface area contributed by atoms with E-state index in [1.165, 1.54) is 6.92 Å². The number of hydrogen-bond donors (Lipinski definition) is 1. The molecular weight excluding hydrogens is 332 g/mol. The van der Waals surface area contributed by atoms with Gasteiger partial charge in [0.1, 0.15) is 0 Å². The quantitative estimate of drug-likeness (QED) is 0.834. The standard InChI is InChI=1S/C20H20N2O2S/c1-14(23)22-12-11-15-5-3-4-6-18(15)19(22)13-20(24)21-16-7-9-17(25-2)10-8-16/h3-12,19H,13H2,1-2H3,(H,21,24). The Bertz CT molecular complexity index is 815. The van der Waals surface area contributed by atoms with Crippen molar-refractivity contribution in [1.29, 1.82) is 0 Å². The number of fused-ring (bicyclic) bond motifs is 1. The third kappa shape index (κ3) is 3.94. The van der Waals surface area contributed by atoms with Crippen molar-refractivity contribution in [2.45, 2.75) is 24.3 Å². The molecular formula is C20H20N2O2S. The number of benzene rings is 2. The number of thioether (sulfide) groups is 1. The summed E-state index contributed by atoms with van der Waals surface area (Å²) in [6.07, 6.45) is 5.89. The summed E-state index contributed by atoms with van der Waals surface area (Å²) < 4.78 is 0. The molecule has 1 atom stereocenters.